The van der Waals surface area contributed by atoms with E-state index in [4.69, 9.17) is 9.52 Å². The molecule has 0 fully saturated rings. The number of rotatable bonds is 7. The molecule has 25 heavy (non-hydrogen) atoms. The molecule has 0 unspecified atom stereocenters. The lowest BCUT2D eigenvalue weighted by Gasteiger charge is -2.05. The van der Waals surface area contributed by atoms with E-state index in [9.17, 15) is 18.0 Å². The third-order valence-corrected chi connectivity index (χ3v) is 4.81. The van der Waals surface area contributed by atoms with E-state index in [0.29, 0.717) is 6.42 Å². The van der Waals surface area contributed by atoms with Gasteiger partial charge in [-0.1, -0.05) is 12.1 Å². The van der Waals surface area contributed by atoms with E-state index in [-0.39, 0.29) is 28.5 Å². The summed E-state index contributed by atoms with van der Waals surface area (Å²) >= 11 is 0. The Labute approximate surface area is 144 Å². The molecule has 134 valence electrons. The summed E-state index contributed by atoms with van der Waals surface area (Å²) in [6.07, 6.45) is 0.436. The molecule has 0 saturated heterocycles. The van der Waals surface area contributed by atoms with Gasteiger partial charge in [0, 0.05) is 12.6 Å². The second-order valence-electron chi connectivity index (χ2n) is 5.25. The van der Waals surface area contributed by atoms with E-state index in [1.165, 1.54) is 32.2 Å². The van der Waals surface area contributed by atoms with E-state index in [2.05, 4.69) is 10.0 Å². The molecule has 1 aromatic carbocycles. The molecule has 0 aliphatic heterocycles. The van der Waals surface area contributed by atoms with Crippen molar-refractivity contribution in [3.63, 3.8) is 0 Å². The van der Waals surface area contributed by atoms with E-state index >= 15 is 0 Å². The van der Waals surface area contributed by atoms with Crippen molar-refractivity contribution in [1.29, 1.82) is 0 Å². The van der Waals surface area contributed by atoms with Gasteiger partial charge in [0.25, 0.3) is 15.9 Å². The van der Waals surface area contributed by atoms with Crippen molar-refractivity contribution in [1.82, 2.24) is 10.0 Å². The molecule has 0 saturated carbocycles. The van der Waals surface area contributed by atoms with Gasteiger partial charge in [0.2, 0.25) is 5.09 Å². The van der Waals surface area contributed by atoms with Crippen LogP contribution in [0.2, 0.25) is 0 Å². The second kappa shape index (κ2) is 7.49. The number of nitrogens with one attached hydrogen (secondary N) is 2. The minimum Gasteiger partial charge on any atom is -0.478 e. The smallest absolute Gasteiger partial charge is 0.335 e. The molecule has 0 spiro atoms. The number of benzene rings is 1. The maximum atomic E-state index is 12.2. The maximum Gasteiger partial charge on any atom is 0.335 e. The summed E-state index contributed by atoms with van der Waals surface area (Å²) < 4.78 is 30.6. The van der Waals surface area contributed by atoms with Gasteiger partial charge in [-0.2, -0.15) is 0 Å². The number of sulfonamides is 1. The fourth-order valence-electron chi connectivity index (χ4n) is 2.19. The average molecular weight is 366 g/mol. The number of carboxylic acid groups (broad SMARTS) is 1. The van der Waals surface area contributed by atoms with Gasteiger partial charge >= 0.3 is 5.97 Å². The Bertz CT molecular complexity index is 901. The monoisotopic (exact) mass is 366 g/mol. The third-order valence-electron chi connectivity index (χ3n) is 3.55. The van der Waals surface area contributed by atoms with Crippen LogP contribution >= 0.6 is 0 Å². The highest BCUT2D eigenvalue weighted by molar-refractivity contribution is 7.89. The van der Waals surface area contributed by atoms with Crippen LogP contribution in [-0.2, 0) is 16.4 Å². The molecule has 2 rings (SSSR count). The van der Waals surface area contributed by atoms with Crippen molar-refractivity contribution < 1.29 is 27.5 Å². The van der Waals surface area contributed by atoms with E-state index < -0.39 is 21.9 Å². The number of aryl methyl sites for hydroxylation is 1. The van der Waals surface area contributed by atoms with Gasteiger partial charge in [-0.25, -0.2) is 17.9 Å². The van der Waals surface area contributed by atoms with Crippen LogP contribution in [0.15, 0.2) is 39.8 Å². The summed E-state index contributed by atoms with van der Waals surface area (Å²) in [6, 6.07) is 7.59. The lowest BCUT2D eigenvalue weighted by Crippen LogP contribution is -2.26. The first-order valence-electron chi connectivity index (χ1n) is 7.39. The van der Waals surface area contributed by atoms with Gasteiger partial charge in [-0.05, 0) is 38.1 Å². The second-order valence-corrected chi connectivity index (χ2v) is 7.07. The molecule has 0 atom stereocenters. The summed E-state index contributed by atoms with van der Waals surface area (Å²) in [4.78, 5) is 23.1. The Morgan fingerprint density at radius 3 is 2.60 bits per heavy atom. The highest BCUT2D eigenvalue weighted by Crippen LogP contribution is 2.18. The van der Waals surface area contributed by atoms with Gasteiger partial charge in [-0.3, -0.25) is 4.79 Å². The van der Waals surface area contributed by atoms with Crippen LogP contribution in [0.4, 0.5) is 0 Å². The van der Waals surface area contributed by atoms with Gasteiger partial charge < -0.3 is 14.8 Å². The molecule has 3 N–H and O–H groups in total. The molecular weight excluding hydrogens is 348 g/mol. The first-order chi connectivity index (χ1) is 11.7. The SMILES string of the molecule is CNS(=O)(=O)c1cc(C(=O)NCCc2cccc(C(=O)O)c2)c(C)o1. The van der Waals surface area contributed by atoms with Gasteiger partial charge in [-0.15, -0.1) is 0 Å². The van der Waals surface area contributed by atoms with Crippen molar-refractivity contribution in [2.24, 2.45) is 0 Å². The predicted octanol–water partition coefficient (Wildman–Crippen LogP) is 1.17. The van der Waals surface area contributed by atoms with Crippen molar-refractivity contribution in [3.05, 3.63) is 52.8 Å². The molecule has 2 aromatic rings. The number of carboxylic acids is 1. The average Bonchev–Trinajstić information content (AvgIpc) is 2.98. The minimum atomic E-state index is -3.76. The Morgan fingerprint density at radius 2 is 1.96 bits per heavy atom. The number of hydrogen-bond donors (Lipinski definition) is 3. The Kier molecular flexibility index (Phi) is 5.60. The molecule has 8 nitrogen and oxygen atoms in total. The standard InChI is InChI=1S/C16H18N2O6S/c1-10-13(9-14(24-10)25(22,23)17-2)15(19)18-7-6-11-4-3-5-12(8-11)16(20)21/h3-5,8-9,17H,6-7H2,1-2H3,(H,18,19)(H,20,21). The predicted molar refractivity (Wildman–Crippen MR) is 89.1 cm³/mol. The van der Waals surface area contributed by atoms with Gasteiger partial charge in [0.05, 0.1) is 11.1 Å². The maximum absolute atomic E-state index is 12.2. The minimum absolute atomic E-state index is 0.133. The molecule has 0 bridgehead atoms. The molecule has 1 heterocycles. The van der Waals surface area contributed by atoms with Crippen molar-refractivity contribution in [3.8, 4) is 0 Å². The van der Waals surface area contributed by atoms with Crippen LogP contribution in [0.3, 0.4) is 0 Å². The highest BCUT2D eigenvalue weighted by Gasteiger charge is 2.22. The van der Waals surface area contributed by atoms with Crippen molar-refractivity contribution >= 4 is 21.9 Å². The first-order valence-corrected chi connectivity index (χ1v) is 8.87. The summed E-state index contributed by atoms with van der Waals surface area (Å²) in [5, 5.41) is 11.3. The zero-order valence-electron chi connectivity index (χ0n) is 13.7. The van der Waals surface area contributed by atoms with Crippen molar-refractivity contribution in [2.75, 3.05) is 13.6 Å². The van der Waals surface area contributed by atoms with Crippen LogP contribution < -0.4 is 10.0 Å². The number of amides is 1. The molecule has 0 radical (unpaired) electrons. The normalized spacial score (nSPS) is 11.3. The lowest BCUT2D eigenvalue weighted by molar-refractivity contribution is 0.0696. The topological polar surface area (TPSA) is 126 Å². The summed E-state index contributed by atoms with van der Waals surface area (Å²) in [6.45, 7) is 1.76. The summed E-state index contributed by atoms with van der Waals surface area (Å²) in [7, 11) is -2.51. The van der Waals surface area contributed by atoms with E-state index in [1.54, 1.807) is 12.1 Å². The first kappa shape index (κ1) is 18.7. The van der Waals surface area contributed by atoms with Crippen molar-refractivity contribution in [2.45, 2.75) is 18.4 Å². The fourth-order valence-corrected chi connectivity index (χ4v) is 2.90. The van der Waals surface area contributed by atoms with Gasteiger partial charge in [0.1, 0.15) is 5.76 Å². The van der Waals surface area contributed by atoms with Crippen LogP contribution in [0.25, 0.3) is 0 Å². The molecular formula is C16H18N2O6S. The van der Waals surface area contributed by atoms with Gasteiger partial charge in [0.15, 0.2) is 0 Å². The Balaban J connectivity index is 2.02. The fraction of sp³-hybridized carbons (Fsp3) is 0.250. The molecule has 1 aromatic heterocycles. The number of carbonyl (C=O) groups excluding carboxylic acids is 1. The summed E-state index contributed by atoms with van der Waals surface area (Å²) in [5.41, 5.74) is 1.08. The third kappa shape index (κ3) is 4.46. The van der Waals surface area contributed by atoms with Crippen LogP contribution in [0.1, 0.15) is 32.0 Å². The Morgan fingerprint density at radius 1 is 1.24 bits per heavy atom. The molecule has 0 aliphatic rings. The van der Waals surface area contributed by atoms with Crippen LogP contribution in [0.5, 0.6) is 0 Å². The summed E-state index contributed by atoms with van der Waals surface area (Å²) in [5.74, 6) is -1.29. The molecule has 0 aliphatic carbocycles. The van der Waals surface area contributed by atoms with E-state index in [1.807, 2.05) is 0 Å². The van der Waals surface area contributed by atoms with Crippen LogP contribution in [0, 0.1) is 6.92 Å². The number of aromatic carboxylic acids is 1. The molecule has 1 amide bonds. The lowest BCUT2D eigenvalue weighted by atomic mass is 10.1. The number of furan rings is 1. The van der Waals surface area contributed by atoms with Crippen LogP contribution in [-0.4, -0.2) is 39.0 Å². The Hall–Kier alpha value is -2.65. The molecule has 9 heteroatoms. The zero-order chi connectivity index (χ0) is 18.6. The number of hydrogen-bond acceptors (Lipinski definition) is 5. The number of carbonyl (C=O) groups is 2. The highest BCUT2D eigenvalue weighted by atomic mass is 32.2. The zero-order valence-corrected chi connectivity index (χ0v) is 14.5. The largest absolute Gasteiger partial charge is 0.478 e. The van der Waals surface area contributed by atoms with E-state index in [0.717, 1.165) is 5.56 Å². The quantitative estimate of drug-likeness (QED) is 0.675.